The van der Waals surface area contributed by atoms with Gasteiger partial charge in [-0.05, 0) is 25.8 Å². The van der Waals surface area contributed by atoms with E-state index in [1.165, 1.54) is 0 Å². The van der Waals surface area contributed by atoms with Gasteiger partial charge in [0.15, 0.2) is 0 Å². The van der Waals surface area contributed by atoms with Crippen molar-refractivity contribution in [2.45, 2.75) is 39.7 Å². The first-order valence-electron chi connectivity index (χ1n) is 6.56. The second-order valence-corrected chi connectivity index (χ2v) is 4.89. The van der Waals surface area contributed by atoms with Crippen LogP contribution in [0.25, 0.3) is 0 Å². The summed E-state index contributed by atoms with van der Waals surface area (Å²) in [7, 11) is 0. The predicted molar refractivity (Wildman–Crippen MR) is 81.5 cm³/mol. The van der Waals surface area contributed by atoms with Gasteiger partial charge >= 0.3 is 0 Å². The molecule has 19 heavy (non-hydrogen) atoms. The number of hydrogen-bond acceptors (Lipinski definition) is 5. The lowest BCUT2D eigenvalue weighted by atomic mass is 10.1. The van der Waals surface area contributed by atoms with Crippen LogP contribution in [0.1, 0.15) is 38.1 Å². The topological polar surface area (TPSA) is 75.3 Å². The van der Waals surface area contributed by atoms with Crippen LogP contribution in [-0.4, -0.2) is 39.3 Å². The van der Waals surface area contributed by atoms with Crippen molar-refractivity contribution in [2.24, 2.45) is 5.73 Å². The van der Waals surface area contributed by atoms with E-state index < -0.39 is 0 Å². The molecule has 0 bridgehead atoms. The van der Waals surface area contributed by atoms with E-state index in [2.05, 4.69) is 23.8 Å². The number of thiocarbonyl (C=S) groups is 1. The lowest BCUT2D eigenvalue weighted by Crippen LogP contribution is -2.38. The Morgan fingerprint density at radius 3 is 2.53 bits per heavy atom. The maximum Gasteiger partial charge on any atom is 0.226 e. The third kappa shape index (κ3) is 4.11. The van der Waals surface area contributed by atoms with Crippen molar-refractivity contribution in [2.75, 3.05) is 18.1 Å². The number of aromatic nitrogens is 2. The van der Waals surface area contributed by atoms with Crippen molar-refractivity contribution in [3.05, 3.63) is 17.5 Å². The molecule has 0 saturated heterocycles. The zero-order chi connectivity index (χ0) is 14.4. The molecule has 0 aliphatic rings. The number of nitrogens with two attached hydrogens (primary N) is 1. The fourth-order valence-corrected chi connectivity index (χ4v) is 2.20. The van der Waals surface area contributed by atoms with Crippen molar-refractivity contribution in [3.63, 3.8) is 0 Å². The summed E-state index contributed by atoms with van der Waals surface area (Å²) in [5.41, 5.74) is 7.04. The Morgan fingerprint density at radius 2 is 2.05 bits per heavy atom. The molecule has 0 saturated carbocycles. The second kappa shape index (κ2) is 7.35. The highest BCUT2D eigenvalue weighted by Crippen LogP contribution is 2.17. The number of aliphatic hydroxyl groups is 1. The molecule has 106 valence electrons. The lowest BCUT2D eigenvalue weighted by molar-refractivity contribution is 0.295. The summed E-state index contributed by atoms with van der Waals surface area (Å²) in [6.45, 7) is 6.69. The van der Waals surface area contributed by atoms with Gasteiger partial charge in [0.1, 0.15) is 10.7 Å². The molecule has 0 aliphatic carbocycles. The van der Waals surface area contributed by atoms with Crippen LogP contribution in [0.4, 0.5) is 5.95 Å². The zero-order valence-electron chi connectivity index (χ0n) is 11.8. The number of anilines is 1. The van der Waals surface area contributed by atoms with E-state index in [1.807, 2.05) is 11.8 Å². The predicted octanol–water partition coefficient (Wildman–Crippen LogP) is 1.41. The molecule has 3 N–H and O–H groups in total. The molecule has 1 rings (SSSR count). The standard InChI is InChI=1S/C13H22N4OS/c1-4-10(5-2)17(6-7-18)13-15-9(3)8-11(16-13)12(14)19/h8,10,18H,4-7H2,1-3H3,(H2,14,19). The Hall–Kier alpha value is -1.27. The van der Waals surface area contributed by atoms with Crippen LogP contribution < -0.4 is 10.6 Å². The second-order valence-electron chi connectivity index (χ2n) is 4.45. The highest BCUT2D eigenvalue weighted by atomic mass is 32.1. The highest BCUT2D eigenvalue weighted by Gasteiger charge is 2.19. The number of aliphatic hydroxyl groups excluding tert-OH is 1. The fraction of sp³-hybridized carbons (Fsp3) is 0.615. The van der Waals surface area contributed by atoms with Crippen LogP contribution >= 0.6 is 12.2 Å². The summed E-state index contributed by atoms with van der Waals surface area (Å²) in [6.07, 6.45) is 1.94. The number of aryl methyl sites for hydroxylation is 1. The molecule has 0 atom stereocenters. The summed E-state index contributed by atoms with van der Waals surface area (Å²) in [5, 5.41) is 9.24. The molecule has 1 aromatic rings. The molecule has 0 amide bonds. The zero-order valence-corrected chi connectivity index (χ0v) is 12.6. The van der Waals surface area contributed by atoms with Gasteiger partial charge in [-0.2, -0.15) is 0 Å². The molecule has 0 aliphatic heterocycles. The largest absolute Gasteiger partial charge is 0.395 e. The average molecular weight is 282 g/mol. The van der Waals surface area contributed by atoms with Crippen molar-refractivity contribution in [3.8, 4) is 0 Å². The first kappa shape index (κ1) is 15.8. The molecule has 0 aromatic carbocycles. The van der Waals surface area contributed by atoms with Gasteiger partial charge in [-0.1, -0.05) is 26.1 Å². The van der Waals surface area contributed by atoms with Crippen molar-refractivity contribution in [1.29, 1.82) is 0 Å². The van der Waals surface area contributed by atoms with Crippen LogP contribution in [0.2, 0.25) is 0 Å². The monoisotopic (exact) mass is 282 g/mol. The molecule has 5 nitrogen and oxygen atoms in total. The normalized spacial score (nSPS) is 10.8. The first-order chi connectivity index (χ1) is 9.03. The van der Waals surface area contributed by atoms with Gasteiger partial charge < -0.3 is 15.7 Å². The number of rotatable bonds is 7. The van der Waals surface area contributed by atoms with Crippen molar-refractivity contribution >= 4 is 23.2 Å². The minimum absolute atomic E-state index is 0.0657. The van der Waals surface area contributed by atoms with E-state index in [0.717, 1.165) is 18.5 Å². The Morgan fingerprint density at radius 1 is 1.42 bits per heavy atom. The third-order valence-corrected chi connectivity index (χ3v) is 3.29. The quantitative estimate of drug-likeness (QED) is 0.736. The molecule has 0 spiro atoms. The minimum Gasteiger partial charge on any atom is -0.395 e. The van der Waals surface area contributed by atoms with Crippen LogP contribution in [-0.2, 0) is 0 Å². The maximum absolute atomic E-state index is 9.24. The smallest absolute Gasteiger partial charge is 0.226 e. The summed E-state index contributed by atoms with van der Waals surface area (Å²) < 4.78 is 0. The summed E-state index contributed by atoms with van der Waals surface area (Å²) in [5.74, 6) is 0.588. The van der Waals surface area contributed by atoms with Gasteiger partial charge in [0, 0.05) is 18.3 Å². The summed E-state index contributed by atoms with van der Waals surface area (Å²) >= 11 is 4.97. The van der Waals surface area contributed by atoms with Crippen molar-refractivity contribution < 1.29 is 5.11 Å². The summed E-state index contributed by atoms with van der Waals surface area (Å²) in [6, 6.07) is 2.07. The Balaban J connectivity index is 3.17. The van der Waals surface area contributed by atoms with Gasteiger partial charge in [-0.3, -0.25) is 0 Å². The van der Waals surface area contributed by atoms with Gasteiger partial charge in [-0.15, -0.1) is 0 Å². The molecular formula is C13H22N4OS. The van der Waals surface area contributed by atoms with Gasteiger partial charge in [0.05, 0.1) is 6.61 Å². The van der Waals surface area contributed by atoms with Crippen LogP contribution in [0.3, 0.4) is 0 Å². The Bertz CT molecular complexity index is 435. The van der Waals surface area contributed by atoms with Crippen LogP contribution in [0.5, 0.6) is 0 Å². The minimum atomic E-state index is 0.0657. The van der Waals surface area contributed by atoms with E-state index in [0.29, 0.717) is 24.2 Å². The molecule has 0 radical (unpaired) electrons. The molecule has 6 heteroatoms. The van der Waals surface area contributed by atoms with Crippen molar-refractivity contribution in [1.82, 2.24) is 9.97 Å². The number of nitrogens with zero attached hydrogens (tertiary/aromatic N) is 3. The Kier molecular flexibility index (Phi) is 6.11. The third-order valence-electron chi connectivity index (χ3n) is 3.08. The fourth-order valence-electron chi connectivity index (χ4n) is 2.09. The SMILES string of the molecule is CCC(CC)N(CCO)c1nc(C)cc(C(N)=S)n1. The first-order valence-corrected chi connectivity index (χ1v) is 6.97. The van der Waals surface area contributed by atoms with E-state index in [1.54, 1.807) is 6.07 Å². The van der Waals surface area contributed by atoms with Gasteiger partial charge in [0.2, 0.25) is 5.95 Å². The van der Waals surface area contributed by atoms with Gasteiger partial charge in [-0.25, -0.2) is 9.97 Å². The van der Waals surface area contributed by atoms with Crippen LogP contribution in [0, 0.1) is 6.92 Å². The average Bonchev–Trinajstić information content (AvgIpc) is 2.38. The van der Waals surface area contributed by atoms with E-state index in [9.17, 15) is 5.11 Å². The lowest BCUT2D eigenvalue weighted by Gasteiger charge is -2.30. The summed E-state index contributed by atoms with van der Waals surface area (Å²) in [4.78, 5) is 11.1. The van der Waals surface area contributed by atoms with E-state index >= 15 is 0 Å². The highest BCUT2D eigenvalue weighted by molar-refractivity contribution is 7.80. The van der Waals surface area contributed by atoms with Gasteiger partial charge in [0.25, 0.3) is 0 Å². The Labute approximate surface area is 119 Å². The van der Waals surface area contributed by atoms with E-state index in [4.69, 9.17) is 18.0 Å². The molecular weight excluding hydrogens is 260 g/mol. The molecule has 0 fully saturated rings. The number of hydrogen-bond donors (Lipinski definition) is 2. The van der Waals surface area contributed by atoms with Crippen LogP contribution in [0.15, 0.2) is 6.07 Å². The molecule has 0 unspecified atom stereocenters. The maximum atomic E-state index is 9.24. The van der Waals surface area contributed by atoms with E-state index in [-0.39, 0.29) is 11.6 Å². The molecule has 1 heterocycles. The molecule has 1 aromatic heterocycles.